The van der Waals surface area contributed by atoms with Gasteiger partial charge in [-0.15, -0.1) is 0 Å². The monoisotopic (exact) mass is 350 g/mol. The van der Waals surface area contributed by atoms with Gasteiger partial charge >= 0.3 is 0 Å². The van der Waals surface area contributed by atoms with E-state index in [0.29, 0.717) is 12.3 Å². The van der Waals surface area contributed by atoms with E-state index in [9.17, 15) is 4.79 Å². The molecule has 88 valence electrons. The highest BCUT2D eigenvalue weighted by Crippen LogP contribution is 2.34. The standard InChI is InChI=1S/C10H12Br2N2O2/c11-7-3-6(1-2-13)4-8(12)10(7)16-5-9(14)15/h3-4H,1-2,5,13H2,(H2,14,15). The summed E-state index contributed by atoms with van der Waals surface area (Å²) in [4.78, 5) is 10.6. The van der Waals surface area contributed by atoms with Crippen LogP contribution in [0.3, 0.4) is 0 Å². The molecule has 1 amide bonds. The molecule has 0 spiro atoms. The first kappa shape index (κ1) is 13.5. The highest BCUT2D eigenvalue weighted by Gasteiger charge is 2.09. The molecule has 0 aromatic heterocycles. The summed E-state index contributed by atoms with van der Waals surface area (Å²) < 4.78 is 6.80. The van der Waals surface area contributed by atoms with Crippen molar-refractivity contribution in [2.24, 2.45) is 11.5 Å². The molecule has 0 aliphatic heterocycles. The summed E-state index contributed by atoms with van der Waals surface area (Å²) in [6.45, 7) is 0.438. The van der Waals surface area contributed by atoms with Crippen molar-refractivity contribution < 1.29 is 9.53 Å². The number of carbonyl (C=O) groups is 1. The fraction of sp³-hybridized carbons (Fsp3) is 0.300. The molecule has 6 heteroatoms. The second-order valence-electron chi connectivity index (χ2n) is 3.18. The highest BCUT2D eigenvalue weighted by molar-refractivity contribution is 9.11. The maximum Gasteiger partial charge on any atom is 0.255 e. The Labute approximate surface area is 111 Å². The van der Waals surface area contributed by atoms with Crippen LogP contribution in [0.25, 0.3) is 0 Å². The molecule has 0 atom stereocenters. The normalized spacial score (nSPS) is 10.2. The molecule has 1 aromatic rings. The zero-order valence-electron chi connectivity index (χ0n) is 8.50. The maximum absolute atomic E-state index is 10.6. The first-order valence-electron chi connectivity index (χ1n) is 4.63. The molecule has 0 radical (unpaired) electrons. The summed E-state index contributed by atoms with van der Waals surface area (Å²) in [6.07, 6.45) is 0.785. The fourth-order valence-corrected chi connectivity index (χ4v) is 2.71. The quantitative estimate of drug-likeness (QED) is 0.845. The lowest BCUT2D eigenvalue weighted by atomic mass is 10.1. The van der Waals surface area contributed by atoms with Gasteiger partial charge in [0.15, 0.2) is 6.61 Å². The van der Waals surface area contributed by atoms with E-state index in [4.69, 9.17) is 16.2 Å². The molecular weight excluding hydrogens is 340 g/mol. The van der Waals surface area contributed by atoms with Gasteiger partial charge in [-0.2, -0.15) is 0 Å². The highest BCUT2D eigenvalue weighted by atomic mass is 79.9. The van der Waals surface area contributed by atoms with Gasteiger partial charge in [0, 0.05) is 0 Å². The number of benzene rings is 1. The summed E-state index contributed by atoms with van der Waals surface area (Å²) in [5, 5.41) is 0. The predicted octanol–water partition coefficient (Wildman–Crippen LogP) is 1.58. The summed E-state index contributed by atoms with van der Waals surface area (Å²) in [5.74, 6) is 0.0596. The Morgan fingerprint density at radius 1 is 1.31 bits per heavy atom. The van der Waals surface area contributed by atoms with E-state index >= 15 is 0 Å². The van der Waals surface area contributed by atoms with E-state index in [0.717, 1.165) is 20.9 Å². The largest absolute Gasteiger partial charge is 0.481 e. The third-order valence-corrected chi connectivity index (χ3v) is 3.03. The van der Waals surface area contributed by atoms with Gasteiger partial charge in [-0.25, -0.2) is 0 Å². The first-order chi connectivity index (χ1) is 7.54. The molecular formula is C10H12Br2N2O2. The van der Waals surface area contributed by atoms with Crippen molar-refractivity contribution in [3.63, 3.8) is 0 Å². The summed E-state index contributed by atoms with van der Waals surface area (Å²) >= 11 is 6.74. The summed E-state index contributed by atoms with van der Waals surface area (Å²) in [7, 11) is 0. The van der Waals surface area contributed by atoms with E-state index in [1.807, 2.05) is 12.1 Å². The average molecular weight is 352 g/mol. The number of nitrogens with two attached hydrogens (primary N) is 2. The fourth-order valence-electron chi connectivity index (χ4n) is 1.20. The van der Waals surface area contributed by atoms with Gasteiger partial charge in [-0.1, -0.05) is 0 Å². The van der Waals surface area contributed by atoms with Crippen LogP contribution in [0.15, 0.2) is 21.1 Å². The molecule has 4 N–H and O–H groups in total. The molecule has 1 rings (SSSR count). The second-order valence-corrected chi connectivity index (χ2v) is 4.89. The van der Waals surface area contributed by atoms with Crippen LogP contribution in [0, 0.1) is 0 Å². The minimum absolute atomic E-state index is 0.145. The van der Waals surface area contributed by atoms with Crippen LogP contribution in [0.1, 0.15) is 5.56 Å². The number of carbonyl (C=O) groups excluding carboxylic acids is 1. The van der Waals surface area contributed by atoms with Gasteiger partial charge in [0.2, 0.25) is 0 Å². The van der Waals surface area contributed by atoms with Crippen LogP contribution in [0.4, 0.5) is 0 Å². The van der Waals surface area contributed by atoms with Crippen molar-refractivity contribution >= 4 is 37.8 Å². The predicted molar refractivity (Wildman–Crippen MR) is 69.3 cm³/mol. The van der Waals surface area contributed by atoms with Crippen molar-refractivity contribution in [2.75, 3.05) is 13.2 Å². The molecule has 0 aliphatic carbocycles. The van der Waals surface area contributed by atoms with Crippen molar-refractivity contribution in [3.8, 4) is 5.75 Å². The molecule has 4 nitrogen and oxygen atoms in total. The van der Waals surface area contributed by atoms with Gasteiger partial charge < -0.3 is 16.2 Å². The van der Waals surface area contributed by atoms with Crippen molar-refractivity contribution in [2.45, 2.75) is 6.42 Å². The third-order valence-electron chi connectivity index (χ3n) is 1.85. The number of rotatable bonds is 5. The zero-order valence-corrected chi connectivity index (χ0v) is 11.7. The first-order valence-corrected chi connectivity index (χ1v) is 6.22. The summed E-state index contributed by atoms with van der Waals surface area (Å²) in [6, 6.07) is 3.82. The van der Waals surface area contributed by atoms with Crippen LogP contribution in [-0.2, 0) is 11.2 Å². The lowest BCUT2D eigenvalue weighted by Crippen LogP contribution is -2.20. The van der Waals surface area contributed by atoms with Crippen LogP contribution >= 0.6 is 31.9 Å². The Morgan fingerprint density at radius 3 is 2.31 bits per heavy atom. The van der Waals surface area contributed by atoms with Crippen LogP contribution < -0.4 is 16.2 Å². The van der Waals surface area contributed by atoms with Crippen LogP contribution in [-0.4, -0.2) is 19.1 Å². The van der Waals surface area contributed by atoms with Crippen molar-refractivity contribution in [3.05, 3.63) is 26.6 Å². The molecule has 0 saturated heterocycles. The lowest BCUT2D eigenvalue weighted by molar-refractivity contribution is -0.119. The van der Waals surface area contributed by atoms with Gasteiger partial charge in [0.05, 0.1) is 8.95 Å². The maximum atomic E-state index is 10.6. The number of amides is 1. The van der Waals surface area contributed by atoms with Gasteiger partial charge in [-0.05, 0) is 62.5 Å². The molecule has 0 fully saturated rings. The SMILES string of the molecule is NCCc1cc(Br)c(OCC(N)=O)c(Br)c1. The summed E-state index contributed by atoms with van der Waals surface area (Å²) in [5.41, 5.74) is 11.6. The number of halogens is 2. The Balaban J connectivity index is 2.89. The molecule has 0 heterocycles. The Morgan fingerprint density at radius 2 is 1.88 bits per heavy atom. The van der Waals surface area contributed by atoms with Gasteiger partial charge in [0.1, 0.15) is 5.75 Å². The third kappa shape index (κ3) is 3.77. The van der Waals surface area contributed by atoms with E-state index in [1.165, 1.54) is 0 Å². The van der Waals surface area contributed by atoms with E-state index in [2.05, 4.69) is 31.9 Å². The second kappa shape index (κ2) is 6.22. The molecule has 0 aliphatic rings. The van der Waals surface area contributed by atoms with Gasteiger partial charge in [0.25, 0.3) is 5.91 Å². The number of ether oxygens (including phenoxy) is 1. The van der Waals surface area contributed by atoms with E-state index in [1.54, 1.807) is 0 Å². The number of hydrogen-bond donors (Lipinski definition) is 2. The van der Waals surface area contributed by atoms with Crippen LogP contribution in [0.2, 0.25) is 0 Å². The smallest absolute Gasteiger partial charge is 0.255 e. The topological polar surface area (TPSA) is 78.3 Å². The average Bonchev–Trinajstić information content (AvgIpc) is 2.16. The van der Waals surface area contributed by atoms with Crippen LogP contribution in [0.5, 0.6) is 5.75 Å². The Hall–Kier alpha value is -0.590. The Bertz CT molecular complexity index is 373. The molecule has 0 unspecified atom stereocenters. The van der Waals surface area contributed by atoms with Crippen molar-refractivity contribution in [1.29, 1.82) is 0 Å². The van der Waals surface area contributed by atoms with Gasteiger partial charge in [-0.3, -0.25) is 4.79 Å². The molecule has 0 saturated carbocycles. The lowest BCUT2D eigenvalue weighted by Gasteiger charge is -2.10. The number of hydrogen-bond acceptors (Lipinski definition) is 3. The van der Waals surface area contributed by atoms with Crippen molar-refractivity contribution in [1.82, 2.24) is 0 Å². The molecule has 0 bridgehead atoms. The molecule has 1 aromatic carbocycles. The number of primary amides is 1. The zero-order chi connectivity index (χ0) is 12.1. The van der Waals surface area contributed by atoms with E-state index in [-0.39, 0.29) is 6.61 Å². The minimum Gasteiger partial charge on any atom is -0.481 e. The Kier molecular flexibility index (Phi) is 5.24. The minimum atomic E-state index is -0.509. The molecule has 16 heavy (non-hydrogen) atoms. The van der Waals surface area contributed by atoms with E-state index < -0.39 is 5.91 Å².